The largest absolute Gasteiger partial charge is 0.389 e. The number of ketones is 1. The van der Waals surface area contributed by atoms with E-state index in [4.69, 9.17) is 4.74 Å². The van der Waals surface area contributed by atoms with Crippen LogP contribution in [0.1, 0.15) is 73.1 Å². The number of carbonyl (C=O) groups is 1. The monoisotopic (exact) mass is 402 g/mol. The summed E-state index contributed by atoms with van der Waals surface area (Å²) in [6.45, 7) is 10.7. The first-order valence-electron chi connectivity index (χ1n) is 11.2. The number of ether oxygens (including phenoxy) is 1. The zero-order valence-corrected chi connectivity index (χ0v) is 18.7. The van der Waals surface area contributed by atoms with Crippen molar-refractivity contribution in [2.24, 2.45) is 23.2 Å². The Kier molecular flexibility index (Phi) is 6.57. The molecular formula is C25H38O4. The number of hydrogen-bond donors (Lipinski definition) is 2. The van der Waals surface area contributed by atoms with Gasteiger partial charge in [-0.25, -0.2) is 0 Å². The number of rotatable bonds is 0. The quantitative estimate of drug-likeness (QED) is 0.576. The molecule has 1 saturated heterocycles. The predicted molar refractivity (Wildman–Crippen MR) is 115 cm³/mol. The standard InChI is InChI=1S/C25H38O4/c1-16-7-6-8-17(2)13-14-24(5)20(11-10-18(3)21(26)12-9-16)22-19(4)15-29-25(22,28)23(24)27/h7,10,13,19-22,26,28H,6,8-9,11-12,14-15H2,1-5H3/b16-7+,17-13+,18-10+/t19-,20-,21+,22-,24+,25-/m1/s1. The molecule has 0 amide bonds. The van der Waals surface area contributed by atoms with E-state index >= 15 is 0 Å². The Morgan fingerprint density at radius 1 is 1.10 bits per heavy atom. The summed E-state index contributed by atoms with van der Waals surface area (Å²) in [5.41, 5.74) is 2.89. The summed E-state index contributed by atoms with van der Waals surface area (Å²) in [6, 6.07) is 0. The third-order valence-corrected chi connectivity index (χ3v) is 7.66. The van der Waals surface area contributed by atoms with Gasteiger partial charge in [-0.15, -0.1) is 0 Å². The van der Waals surface area contributed by atoms with Gasteiger partial charge in [-0.05, 0) is 76.7 Å². The normalized spacial score (nSPS) is 47.6. The molecule has 162 valence electrons. The van der Waals surface area contributed by atoms with Crippen LogP contribution in [0.4, 0.5) is 0 Å². The van der Waals surface area contributed by atoms with Crippen molar-refractivity contribution in [3.63, 3.8) is 0 Å². The maximum atomic E-state index is 13.4. The number of hydrogen-bond acceptors (Lipinski definition) is 4. The molecular weight excluding hydrogens is 364 g/mol. The SMILES string of the molecule is C/C1=C\C[C@]2(C)C(=O)[C@]3(O)OC[C@@H](C)[C@@H]3[C@H]2C/C=C(\C)[C@@H](O)CC/C(C)=C/CC1. The molecule has 2 N–H and O–H groups in total. The Hall–Kier alpha value is -1.23. The average Bonchev–Trinajstić information content (AvgIpc) is 3.06. The molecule has 0 aromatic rings. The summed E-state index contributed by atoms with van der Waals surface area (Å²) in [5.74, 6) is -1.90. The van der Waals surface area contributed by atoms with Crippen LogP contribution in [0.3, 0.4) is 0 Å². The molecule has 2 aliphatic carbocycles. The van der Waals surface area contributed by atoms with Gasteiger partial charge in [-0.3, -0.25) is 4.79 Å². The maximum Gasteiger partial charge on any atom is 0.230 e. The van der Waals surface area contributed by atoms with Crippen LogP contribution < -0.4 is 0 Å². The third-order valence-electron chi connectivity index (χ3n) is 7.66. The molecule has 1 saturated carbocycles. The second-order valence-corrected chi connectivity index (χ2v) is 9.95. The summed E-state index contributed by atoms with van der Waals surface area (Å²) in [7, 11) is 0. The van der Waals surface area contributed by atoms with Crippen molar-refractivity contribution < 1.29 is 19.7 Å². The zero-order valence-electron chi connectivity index (χ0n) is 18.7. The minimum absolute atomic E-state index is 0.00584. The van der Waals surface area contributed by atoms with Crippen molar-refractivity contribution in [2.45, 2.75) is 85.0 Å². The van der Waals surface area contributed by atoms with Crippen molar-refractivity contribution in [3.8, 4) is 0 Å². The van der Waals surface area contributed by atoms with Crippen LogP contribution in [0.2, 0.25) is 0 Å². The van der Waals surface area contributed by atoms with Gasteiger partial charge in [0.25, 0.3) is 0 Å². The predicted octanol–water partition coefficient (Wildman–Crippen LogP) is 4.72. The number of fused-ring (bicyclic) bond motifs is 3. The highest BCUT2D eigenvalue weighted by Crippen LogP contribution is 2.59. The van der Waals surface area contributed by atoms with Gasteiger partial charge >= 0.3 is 0 Å². The molecule has 3 rings (SSSR count). The van der Waals surface area contributed by atoms with Gasteiger partial charge in [0, 0.05) is 11.3 Å². The Balaban J connectivity index is 1.98. The van der Waals surface area contributed by atoms with Gasteiger partial charge in [0.2, 0.25) is 5.79 Å². The van der Waals surface area contributed by atoms with Gasteiger partial charge < -0.3 is 14.9 Å². The molecule has 0 spiro atoms. The highest BCUT2D eigenvalue weighted by molar-refractivity contribution is 5.94. The van der Waals surface area contributed by atoms with E-state index in [0.29, 0.717) is 25.9 Å². The molecule has 0 unspecified atom stereocenters. The van der Waals surface area contributed by atoms with Crippen LogP contribution in [0, 0.1) is 23.2 Å². The first kappa shape index (κ1) is 22.5. The van der Waals surface area contributed by atoms with E-state index in [1.165, 1.54) is 11.1 Å². The van der Waals surface area contributed by atoms with E-state index in [1.54, 1.807) is 0 Å². The molecule has 0 aromatic heterocycles. The van der Waals surface area contributed by atoms with Crippen LogP contribution >= 0.6 is 0 Å². The first-order chi connectivity index (χ1) is 13.6. The Morgan fingerprint density at radius 2 is 1.79 bits per heavy atom. The Bertz CT molecular complexity index is 733. The smallest absolute Gasteiger partial charge is 0.230 e. The summed E-state index contributed by atoms with van der Waals surface area (Å²) in [5, 5.41) is 21.8. The summed E-state index contributed by atoms with van der Waals surface area (Å²) in [4.78, 5) is 13.4. The number of allylic oxidation sites excluding steroid dienone is 5. The molecule has 4 heteroatoms. The van der Waals surface area contributed by atoms with E-state index < -0.39 is 17.3 Å². The molecule has 3 aliphatic rings. The van der Waals surface area contributed by atoms with Crippen LogP contribution in [-0.4, -0.2) is 34.5 Å². The molecule has 29 heavy (non-hydrogen) atoms. The van der Waals surface area contributed by atoms with E-state index in [2.05, 4.69) is 39.0 Å². The van der Waals surface area contributed by atoms with Crippen molar-refractivity contribution in [1.82, 2.24) is 0 Å². The van der Waals surface area contributed by atoms with Gasteiger partial charge in [0.1, 0.15) is 0 Å². The fourth-order valence-corrected chi connectivity index (χ4v) is 5.53. The molecule has 6 atom stereocenters. The second kappa shape index (κ2) is 8.49. The highest BCUT2D eigenvalue weighted by atomic mass is 16.6. The maximum absolute atomic E-state index is 13.4. The third kappa shape index (κ3) is 4.17. The van der Waals surface area contributed by atoms with Crippen LogP contribution in [0.25, 0.3) is 0 Å². The lowest BCUT2D eigenvalue weighted by atomic mass is 9.70. The minimum atomic E-state index is -1.66. The van der Waals surface area contributed by atoms with Gasteiger partial charge in [0.05, 0.1) is 12.7 Å². The highest BCUT2D eigenvalue weighted by Gasteiger charge is 2.69. The summed E-state index contributed by atoms with van der Waals surface area (Å²) < 4.78 is 5.69. The number of aliphatic hydroxyl groups is 2. The number of aliphatic hydroxyl groups excluding tert-OH is 1. The van der Waals surface area contributed by atoms with Gasteiger partial charge in [-0.1, -0.05) is 43.2 Å². The summed E-state index contributed by atoms with van der Waals surface area (Å²) >= 11 is 0. The van der Waals surface area contributed by atoms with Crippen LogP contribution in [0.15, 0.2) is 34.9 Å². The van der Waals surface area contributed by atoms with Crippen LogP contribution in [0.5, 0.6) is 0 Å². The molecule has 1 heterocycles. The van der Waals surface area contributed by atoms with Crippen molar-refractivity contribution >= 4 is 5.78 Å². The summed E-state index contributed by atoms with van der Waals surface area (Å²) in [6.07, 6.45) is 10.9. The average molecular weight is 403 g/mol. The van der Waals surface area contributed by atoms with Crippen LogP contribution in [-0.2, 0) is 9.53 Å². The lowest BCUT2D eigenvalue weighted by Crippen LogP contribution is -2.42. The lowest BCUT2D eigenvalue weighted by molar-refractivity contribution is -0.193. The van der Waals surface area contributed by atoms with E-state index in [-0.39, 0.29) is 23.5 Å². The van der Waals surface area contributed by atoms with E-state index in [0.717, 1.165) is 24.8 Å². The van der Waals surface area contributed by atoms with Gasteiger partial charge in [0.15, 0.2) is 5.78 Å². The molecule has 2 fully saturated rings. The zero-order chi connectivity index (χ0) is 21.4. The molecule has 4 nitrogen and oxygen atoms in total. The fourth-order valence-electron chi connectivity index (χ4n) is 5.53. The second-order valence-electron chi connectivity index (χ2n) is 9.95. The molecule has 0 aromatic carbocycles. The fraction of sp³-hybridized carbons (Fsp3) is 0.720. The van der Waals surface area contributed by atoms with E-state index in [9.17, 15) is 15.0 Å². The lowest BCUT2D eigenvalue weighted by Gasteiger charge is -2.32. The Labute approximate surface area is 175 Å². The number of Topliss-reactive ketones (excluding diaryl/α,β-unsaturated/α-hetero) is 1. The molecule has 0 radical (unpaired) electrons. The van der Waals surface area contributed by atoms with Crippen molar-refractivity contribution in [2.75, 3.05) is 6.61 Å². The van der Waals surface area contributed by atoms with Gasteiger partial charge in [-0.2, -0.15) is 0 Å². The first-order valence-corrected chi connectivity index (χ1v) is 11.2. The minimum Gasteiger partial charge on any atom is -0.389 e. The molecule has 1 aliphatic heterocycles. The Morgan fingerprint density at radius 3 is 2.52 bits per heavy atom. The van der Waals surface area contributed by atoms with Crippen molar-refractivity contribution in [3.05, 3.63) is 34.9 Å². The van der Waals surface area contributed by atoms with Crippen molar-refractivity contribution in [1.29, 1.82) is 0 Å². The topological polar surface area (TPSA) is 66.8 Å². The number of carbonyl (C=O) groups excluding carboxylic acids is 1. The molecule has 0 bridgehead atoms. The van der Waals surface area contributed by atoms with E-state index in [1.807, 2.05) is 13.8 Å².